The number of hydrogen-bond donors (Lipinski definition) is 1. The van der Waals surface area contributed by atoms with E-state index >= 15 is 0 Å². The van der Waals surface area contributed by atoms with Gasteiger partial charge >= 0.3 is 0 Å². The molecule has 5 heteroatoms. The summed E-state index contributed by atoms with van der Waals surface area (Å²) in [5, 5.41) is 2.09. The summed E-state index contributed by atoms with van der Waals surface area (Å²) >= 11 is 5.81. The van der Waals surface area contributed by atoms with Gasteiger partial charge in [-0.15, -0.1) is 11.6 Å². The molecule has 1 aliphatic rings. The number of amides is 2. The lowest BCUT2D eigenvalue weighted by Crippen LogP contribution is -2.45. The van der Waals surface area contributed by atoms with Crippen LogP contribution in [0.1, 0.15) is 24.0 Å². The van der Waals surface area contributed by atoms with Gasteiger partial charge in [-0.2, -0.15) is 4.99 Å². The molecule has 0 aromatic heterocycles. The molecule has 0 bridgehead atoms. The molecule has 4 nitrogen and oxygen atoms in total. The van der Waals surface area contributed by atoms with Crippen molar-refractivity contribution < 1.29 is 9.59 Å². The number of halogens is 1. The Morgan fingerprint density at radius 2 is 2.00 bits per heavy atom. The Morgan fingerprint density at radius 3 is 2.56 bits per heavy atom. The Kier molecular flexibility index (Phi) is 3.48. The van der Waals surface area contributed by atoms with E-state index in [1.54, 1.807) is 19.1 Å². The van der Waals surface area contributed by atoms with E-state index in [9.17, 15) is 9.59 Å². The molecule has 1 aromatic rings. The van der Waals surface area contributed by atoms with Crippen molar-refractivity contribution in [3.05, 3.63) is 35.4 Å². The van der Waals surface area contributed by atoms with E-state index < -0.39 is 17.2 Å². The number of rotatable bonds is 2. The fourth-order valence-electron chi connectivity index (χ4n) is 1.90. The van der Waals surface area contributed by atoms with Gasteiger partial charge in [0, 0.05) is 0 Å². The highest BCUT2D eigenvalue weighted by atomic mass is 35.5. The van der Waals surface area contributed by atoms with E-state index in [2.05, 4.69) is 10.3 Å². The van der Waals surface area contributed by atoms with E-state index in [0.717, 1.165) is 5.56 Å². The zero-order chi connectivity index (χ0) is 13.3. The summed E-state index contributed by atoms with van der Waals surface area (Å²) in [5.74, 6) is -1.48. The number of alkyl halides is 1. The summed E-state index contributed by atoms with van der Waals surface area (Å²) in [6.07, 6.45) is 0. The van der Waals surface area contributed by atoms with Crippen LogP contribution in [0, 0.1) is 6.92 Å². The molecule has 0 fully saturated rings. The highest BCUT2D eigenvalue weighted by Gasteiger charge is 2.34. The van der Waals surface area contributed by atoms with Crippen molar-refractivity contribution >= 4 is 29.3 Å². The van der Waals surface area contributed by atoms with Crippen LogP contribution >= 0.6 is 11.6 Å². The molecule has 0 radical (unpaired) electrons. The van der Waals surface area contributed by atoms with Gasteiger partial charge in [0.05, 0.1) is 5.38 Å². The largest absolute Gasteiger partial charge is 0.312 e. The SMILES string of the molecule is Cc1ccccc1C1C(=O)N=C(C(C)Cl)NC1=O. The van der Waals surface area contributed by atoms with Crippen molar-refractivity contribution in [2.24, 2.45) is 4.99 Å². The van der Waals surface area contributed by atoms with Gasteiger partial charge in [0.1, 0.15) is 11.8 Å². The summed E-state index contributed by atoms with van der Waals surface area (Å²) < 4.78 is 0. The summed E-state index contributed by atoms with van der Waals surface area (Å²) in [7, 11) is 0. The second-order valence-electron chi connectivity index (χ2n) is 4.23. The smallest absolute Gasteiger partial charge is 0.264 e. The molecule has 2 amide bonds. The van der Waals surface area contributed by atoms with Gasteiger partial charge in [0.15, 0.2) is 0 Å². The average Bonchev–Trinajstić information content (AvgIpc) is 2.30. The fraction of sp³-hybridized carbons (Fsp3) is 0.308. The number of aryl methyl sites for hydroxylation is 1. The van der Waals surface area contributed by atoms with Crippen molar-refractivity contribution in [3.63, 3.8) is 0 Å². The molecule has 2 unspecified atom stereocenters. The third-order valence-electron chi connectivity index (χ3n) is 2.87. The molecule has 18 heavy (non-hydrogen) atoms. The van der Waals surface area contributed by atoms with Crippen LogP contribution in [-0.4, -0.2) is 23.0 Å². The summed E-state index contributed by atoms with van der Waals surface area (Å²) in [6.45, 7) is 3.52. The third-order valence-corrected chi connectivity index (χ3v) is 3.07. The van der Waals surface area contributed by atoms with Crippen LogP contribution in [0.4, 0.5) is 0 Å². The summed E-state index contributed by atoms with van der Waals surface area (Å²) in [4.78, 5) is 27.8. The second-order valence-corrected chi connectivity index (χ2v) is 4.88. The minimum absolute atomic E-state index is 0.219. The first-order chi connectivity index (χ1) is 8.50. The standard InChI is InChI=1S/C13H13ClN2O2/c1-7-5-3-4-6-9(7)10-12(17)15-11(8(2)14)16-13(10)18/h3-6,8,10H,1-2H3,(H,15,16,17,18). The van der Waals surface area contributed by atoms with Crippen molar-refractivity contribution in [1.29, 1.82) is 0 Å². The second kappa shape index (κ2) is 4.90. The van der Waals surface area contributed by atoms with Gasteiger partial charge in [0.2, 0.25) is 5.91 Å². The Balaban J connectivity index is 2.40. The highest BCUT2D eigenvalue weighted by Crippen LogP contribution is 2.24. The van der Waals surface area contributed by atoms with E-state index in [0.29, 0.717) is 5.56 Å². The minimum Gasteiger partial charge on any atom is -0.312 e. The monoisotopic (exact) mass is 264 g/mol. The Hall–Kier alpha value is -1.68. The fourth-order valence-corrected chi connectivity index (χ4v) is 2.00. The molecule has 1 N–H and O–H groups in total. The van der Waals surface area contributed by atoms with E-state index in [-0.39, 0.29) is 11.7 Å². The van der Waals surface area contributed by atoms with E-state index in [1.165, 1.54) is 0 Å². The summed E-state index contributed by atoms with van der Waals surface area (Å²) in [5.41, 5.74) is 1.58. The molecule has 0 spiro atoms. The molecule has 1 heterocycles. The molecule has 2 atom stereocenters. The predicted molar refractivity (Wildman–Crippen MR) is 69.8 cm³/mol. The zero-order valence-electron chi connectivity index (χ0n) is 10.1. The summed E-state index contributed by atoms with van der Waals surface area (Å²) in [6, 6.07) is 7.29. The number of nitrogens with one attached hydrogen (secondary N) is 1. The van der Waals surface area contributed by atoms with Crippen LogP contribution in [0.5, 0.6) is 0 Å². The molecule has 0 aliphatic carbocycles. The molecule has 0 saturated carbocycles. The lowest BCUT2D eigenvalue weighted by atomic mass is 9.92. The molecule has 1 aromatic carbocycles. The molecular weight excluding hydrogens is 252 g/mol. The van der Waals surface area contributed by atoms with Crippen molar-refractivity contribution in [1.82, 2.24) is 5.32 Å². The van der Waals surface area contributed by atoms with Crippen LogP contribution in [0.15, 0.2) is 29.3 Å². The molecule has 94 valence electrons. The first kappa shape index (κ1) is 12.8. The third kappa shape index (κ3) is 2.29. The first-order valence-corrected chi connectivity index (χ1v) is 6.07. The van der Waals surface area contributed by atoms with Gasteiger partial charge in [-0.3, -0.25) is 9.59 Å². The Bertz CT molecular complexity index is 538. The number of hydrogen-bond acceptors (Lipinski definition) is 2. The van der Waals surface area contributed by atoms with Crippen LogP contribution < -0.4 is 5.32 Å². The van der Waals surface area contributed by atoms with Gasteiger partial charge in [-0.1, -0.05) is 24.3 Å². The Morgan fingerprint density at radius 1 is 1.33 bits per heavy atom. The maximum absolute atomic E-state index is 12.0. The van der Waals surface area contributed by atoms with Gasteiger partial charge in [-0.05, 0) is 25.0 Å². The molecule has 0 saturated heterocycles. The van der Waals surface area contributed by atoms with E-state index in [1.807, 2.05) is 19.1 Å². The molecule has 1 aliphatic heterocycles. The van der Waals surface area contributed by atoms with E-state index in [4.69, 9.17) is 11.6 Å². The quantitative estimate of drug-likeness (QED) is 0.654. The lowest BCUT2D eigenvalue weighted by Gasteiger charge is -2.22. The number of nitrogens with zero attached hydrogens (tertiary/aromatic N) is 1. The number of aliphatic imine (C=N–C) groups is 1. The van der Waals surface area contributed by atoms with Gasteiger partial charge < -0.3 is 5.32 Å². The van der Waals surface area contributed by atoms with Crippen LogP contribution in [0.25, 0.3) is 0 Å². The Labute approximate surface area is 110 Å². The predicted octanol–water partition coefficient (Wildman–Crippen LogP) is 1.76. The lowest BCUT2D eigenvalue weighted by molar-refractivity contribution is -0.129. The number of benzene rings is 1. The van der Waals surface area contributed by atoms with Crippen LogP contribution in [0.3, 0.4) is 0 Å². The van der Waals surface area contributed by atoms with Crippen molar-refractivity contribution in [3.8, 4) is 0 Å². The highest BCUT2D eigenvalue weighted by molar-refractivity contribution is 6.35. The van der Waals surface area contributed by atoms with Crippen LogP contribution in [-0.2, 0) is 9.59 Å². The maximum atomic E-state index is 12.0. The van der Waals surface area contributed by atoms with Gasteiger partial charge in [0.25, 0.3) is 5.91 Å². The van der Waals surface area contributed by atoms with Gasteiger partial charge in [-0.25, -0.2) is 0 Å². The maximum Gasteiger partial charge on any atom is 0.264 e. The molecular formula is C13H13ClN2O2. The topological polar surface area (TPSA) is 58.5 Å². The minimum atomic E-state index is -0.870. The number of carbonyl (C=O) groups excluding carboxylic acids is 2. The van der Waals surface area contributed by atoms with Crippen LogP contribution in [0.2, 0.25) is 0 Å². The average molecular weight is 265 g/mol. The number of amidine groups is 1. The normalized spacial score (nSPS) is 21.3. The van der Waals surface area contributed by atoms with Crippen molar-refractivity contribution in [2.75, 3.05) is 0 Å². The zero-order valence-corrected chi connectivity index (χ0v) is 10.9. The first-order valence-electron chi connectivity index (χ1n) is 5.63. The molecule has 2 rings (SSSR count). The number of carbonyl (C=O) groups is 2. The van der Waals surface area contributed by atoms with Crippen molar-refractivity contribution in [2.45, 2.75) is 25.1 Å².